The number of ether oxygens (including phenoxy) is 2. The summed E-state index contributed by atoms with van der Waals surface area (Å²) in [5.41, 5.74) is 0. The zero-order valence-corrected chi connectivity index (χ0v) is 56.2. The predicted molar refractivity (Wildman–Crippen MR) is 377 cm³/mol. The molecule has 0 spiro atoms. The molecule has 0 aliphatic carbocycles. The van der Waals surface area contributed by atoms with Crippen molar-refractivity contribution < 1.29 is 39.8 Å². The van der Waals surface area contributed by atoms with E-state index in [9.17, 15) is 30.3 Å². The number of aliphatic hydroxyl groups excluding tert-OH is 5. The van der Waals surface area contributed by atoms with Gasteiger partial charge in [0.15, 0.2) is 6.29 Å². The number of hydrogen-bond acceptors (Lipinski definition) is 8. The summed E-state index contributed by atoms with van der Waals surface area (Å²) >= 11 is 0. The smallest absolute Gasteiger partial charge is 0.220 e. The Morgan fingerprint density at radius 2 is 0.705 bits per heavy atom. The lowest BCUT2D eigenvalue weighted by atomic mass is 9.99. The van der Waals surface area contributed by atoms with Crippen LogP contribution in [-0.2, 0) is 14.3 Å². The topological polar surface area (TPSA) is 149 Å². The first-order chi connectivity index (χ1) is 43.3. The van der Waals surface area contributed by atoms with E-state index in [1.807, 2.05) is 0 Å². The maximum atomic E-state index is 13.1. The van der Waals surface area contributed by atoms with Crippen molar-refractivity contribution in [2.75, 3.05) is 13.2 Å². The number of allylic oxidation sites excluding steroid dienone is 24. The molecular formula is C79H133NO8. The van der Waals surface area contributed by atoms with Crippen LogP contribution in [0.2, 0.25) is 0 Å². The van der Waals surface area contributed by atoms with Gasteiger partial charge in [0.25, 0.3) is 0 Å². The van der Waals surface area contributed by atoms with Crippen molar-refractivity contribution in [3.05, 3.63) is 146 Å². The number of nitrogens with one attached hydrogen (secondary N) is 1. The fourth-order valence-electron chi connectivity index (χ4n) is 10.6. The summed E-state index contributed by atoms with van der Waals surface area (Å²) in [5, 5.41) is 54.9. The van der Waals surface area contributed by atoms with Crippen LogP contribution < -0.4 is 5.32 Å². The Bertz CT molecular complexity index is 1900. The van der Waals surface area contributed by atoms with Crippen LogP contribution in [-0.4, -0.2) is 87.5 Å². The summed E-state index contributed by atoms with van der Waals surface area (Å²) in [7, 11) is 0. The Morgan fingerprint density at radius 3 is 1.02 bits per heavy atom. The van der Waals surface area contributed by atoms with Gasteiger partial charge in [-0.05, 0) is 103 Å². The molecule has 7 atom stereocenters. The van der Waals surface area contributed by atoms with E-state index in [1.54, 1.807) is 0 Å². The summed E-state index contributed by atoms with van der Waals surface area (Å²) in [6, 6.07) is -0.755. The molecule has 0 saturated carbocycles. The van der Waals surface area contributed by atoms with Gasteiger partial charge in [0, 0.05) is 6.42 Å². The van der Waals surface area contributed by atoms with E-state index in [1.165, 1.54) is 148 Å². The van der Waals surface area contributed by atoms with Gasteiger partial charge in [0.2, 0.25) is 5.91 Å². The highest BCUT2D eigenvalue weighted by Gasteiger charge is 2.44. The highest BCUT2D eigenvalue weighted by molar-refractivity contribution is 5.76. The Balaban J connectivity index is 2.19. The average molecular weight is 1220 g/mol. The first kappa shape index (κ1) is 82.1. The minimum absolute atomic E-state index is 0.164. The van der Waals surface area contributed by atoms with E-state index >= 15 is 0 Å². The fraction of sp³-hybridized carbons (Fsp3) is 0.684. The van der Waals surface area contributed by atoms with Crippen LogP contribution in [0.5, 0.6) is 0 Å². The first-order valence-electron chi connectivity index (χ1n) is 36.0. The van der Waals surface area contributed by atoms with Gasteiger partial charge in [-0.25, -0.2) is 0 Å². The molecule has 6 N–H and O–H groups in total. The lowest BCUT2D eigenvalue weighted by molar-refractivity contribution is -0.302. The lowest BCUT2D eigenvalue weighted by Gasteiger charge is -2.40. The highest BCUT2D eigenvalue weighted by Crippen LogP contribution is 2.23. The van der Waals surface area contributed by atoms with Crippen molar-refractivity contribution in [1.82, 2.24) is 5.32 Å². The molecule has 1 rings (SSSR count). The molecule has 1 aliphatic rings. The second kappa shape index (κ2) is 66.0. The third kappa shape index (κ3) is 53.9. The molecule has 0 aromatic heterocycles. The van der Waals surface area contributed by atoms with Gasteiger partial charge in [-0.3, -0.25) is 4.79 Å². The number of hydrogen-bond donors (Lipinski definition) is 6. The zero-order chi connectivity index (χ0) is 63.5. The molecule has 0 aromatic rings. The van der Waals surface area contributed by atoms with Crippen LogP contribution in [0.3, 0.4) is 0 Å². The third-order valence-electron chi connectivity index (χ3n) is 16.2. The van der Waals surface area contributed by atoms with E-state index in [-0.39, 0.29) is 12.5 Å². The zero-order valence-electron chi connectivity index (χ0n) is 56.2. The number of aliphatic hydroxyl groups is 5. The molecule has 1 aliphatic heterocycles. The predicted octanol–water partition coefficient (Wildman–Crippen LogP) is 20.1. The lowest BCUT2D eigenvalue weighted by Crippen LogP contribution is -2.60. The number of carbonyl (C=O) groups is 1. The van der Waals surface area contributed by atoms with Crippen LogP contribution in [0.25, 0.3) is 0 Å². The number of unbranched alkanes of at least 4 members (excludes halogenated alkanes) is 27. The molecule has 0 aromatic carbocycles. The molecule has 1 heterocycles. The Hall–Kier alpha value is -3.93. The normalized spacial score (nSPS) is 18.8. The van der Waals surface area contributed by atoms with Crippen LogP contribution in [0.4, 0.5) is 0 Å². The number of amides is 1. The van der Waals surface area contributed by atoms with Crippen LogP contribution in [0, 0.1) is 0 Å². The van der Waals surface area contributed by atoms with E-state index < -0.39 is 49.5 Å². The Labute approximate surface area is 540 Å². The Kier molecular flexibility index (Phi) is 61.6. The summed E-state index contributed by atoms with van der Waals surface area (Å²) in [6.45, 7) is 3.72. The second-order valence-corrected chi connectivity index (χ2v) is 24.3. The van der Waals surface area contributed by atoms with E-state index in [0.717, 1.165) is 109 Å². The molecule has 9 nitrogen and oxygen atoms in total. The SMILES string of the molecule is CC/C=C\C/C=C\C/C=C\C/C=C\C/C=C\C/C=C\C/C=C\C/C=C\C/C=C\C/C=C\C/C=C\C/C=C\CCCCC(=O)NC(COC1OC(CO)C(O)C(O)C1O)C(O)CCCCCCCCCCCCCCCCCCCCCCCCCCCC. The minimum atomic E-state index is -1.57. The van der Waals surface area contributed by atoms with Crippen LogP contribution in [0.1, 0.15) is 290 Å². The maximum absolute atomic E-state index is 13.1. The molecule has 88 heavy (non-hydrogen) atoms. The average Bonchev–Trinajstić information content (AvgIpc) is 3.65. The van der Waals surface area contributed by atoms with Gasteiger partial charge >= 0.3 is 0 Å². The van der Waals surface area contributed by atoms with Crippen molar-refractivity contribution in [2.24, 2.45) is 0 Å². The number of rotatable bonds is 61. The van der Waals surface area contributed by atoms with E-state index in [0.29, 0.717) is 19.3 Å². The first-order valence-corrected chi connectivity index (χ1v) is 36.0. The molecule has 7 unspecified atom stereocenters. The molecule has 9 heteroatoms. The van der Waals surface area contributed by atoms with E-state index in [4.69, 9.17) is 9.47 Å². The standard InChI is InChI=1S/C79H133NO8/c1-3-5-7-9-11-13-15-17-19-21-23-25-27-29-31-32-33-34-35-36-37-38-39-40-41-42-43-45-47-49-51-53-55-57-59-61-63-65-67-69-75(83)80-72(71-87-79-78(86)77(85)76(84)74(70-81)88-79)73(82)68-66-64-62-60-58-56-54-52-50-48-46-44-30-28-26-24-22-20-18-16-14-12-10-8-6-4-2/h5,7,11,13,17,19,23,25,29,31,33-34,36-37,39-40,42-43,47,49,53,55,59,61,72-74,76-79,81-82,84-86H,3-4,6,8-10,12,14-16,18,20-22,24,26-28,30,32,35,38,41,44-46,48,50-52,54,56-58,60,62-71H2,1-2H3,(H,80,83)/b7-5-,13-11-,19-17-,25-23-,31-29-,34-33-,37-36-,40-39-,43-42-,49-47-,55-53-,61-59-. The van der Waals surface area contributed by atoms with Gasteiger partial charge in [0.05, 0.1) is 25.4 Å². The molecule has 1 fully saturated rings. The highest BCUT2D eigenvalue weighted by atomic mass is 16.7. The van der Waals surface area contributed by atoms with Crippen molar-refractivity contribution in [3.8, 4) is 0 Å². The van der Waals surface area contributed by atoms with Gasteiger partial charge < -0.3 is 40.3 Å². The summed E-state index contributed by atoms with van der Waals surface area (Å²) in [5.74, 6) is -0.189. The minimum Gasteiger partial charge on any atom is -0.394 e. The number of carbonyl (C=O) groups excluding carboxylic acids is 1. The quantitative estimate of drug-likeness (QED) is 0.0261. The van der Waals surface area contributed by atoms with Gasteiger partial charge in [-0.2, -0.15) is 0 Å². The molecule has 0 bridgehead atoms. The molecular weight excluding hydrogens is 1090 g/mol. The van der Waals surface area contributed by atoms with E-state index in [2.05, 4.69) is 165 Å². The van der Waals surface area contributed by atoms with Crippen molar-refractivity contribution in [2.45, 2.75) is 333 Å². The summed E-state index contributed by atoms with van der Waals surface area (Å²) in [6.07, 6.45) is 94.8. The molecule has 1 amide bonds. The van der Waals surface area contributed by atoms with Crippen LogP contribution in [0.15, 0.2) is 146 Å². The van der Waals surface area contributed by atoms with Gasteiger partial charge in [0.1, 0.15) is 24.4 Å². The molecule has 1 saturated heterocycles. The van der Waals surface area contributed by atoms with Gasteiger partial charge in [-0.15, -0.1) is 0 Å². The Morgan fingerprint density at radius 1 is 0.398 bits per heavy atom. The van der Waals surface area contributed by atoms with Crippen molar-refractivity contribution >= 4 is 5.91 Å². The third-order valence-corrected chi connectivity index (χ3v) is 16.2. The van der Waals surface area contributed by atoms with Crippen molar-refractivity contribution in [3.63, 3.8) is 0 Å². The summed E-state index contributed by atoms with van der Waals surface area (Å²) < 4.78 is 11.3. The van der Waals surface area contributed by atoms with Crippen molar-refractivity contribution in [1.29, 1.82) is 0 Å². The second-order valence-electron chi connectivity index (χ2n) is 24.3. The fourth-order valence-corrected chi connectivity index (χ4v) is 10.6. The van der Waals surface area contributed by atoms with Crippen LogP contribution >= 0.6 is 0 Å². The molecule has 502 valence electrons. The maximum Gasteiger partial charge on any atom is 0.220 e. The molecule has 0 radical (unpaired) electrons. The summed E-state index contributed by atoms with van der Waals surface area (Å²) in [4.78, 5) is 13.1. The largest absolute Gasteiger partial charge is 0.394 e. The monoisotopic (exact) mass is 1220 g/mol. The van der Waals surface area contributed by atoms with Gasteiger partial charge in [-0.1, -0.05) is 327 Å².